The molecule has 0 bridgehead atoms. The molecule has 3 fully saturated rings. The van der Waals surface area contributed by atoms with Crippen molar-refractivity contribution in [1.29, 1.82) is 0 Å². The fourth-order valence-corrected chi connectivity index (χ4v) is 15.8. The highest BCUT2D eigenvalue weighted by atomic mass is 35.5. The number of anilines is 3. The highest BCUT2D eigenvalue weighted by Crippen LogP contribution is 2.43. The smallest absolute Gasteiger partial charge is 0.384 e. The van der Waals surface area contributed by atoms with Crippen LogP contribution in [-0.4, -0.2) is 167 Å². The van der Waals surface area contributed by atoms with Gasteiger partial charge in [-0.25, -0.2) is 21.6 Å². The number of nitrogens with zero attached hydrogens (tertiary/aromatic N) is 5. The van der Waals surface area contributed by atoms with Gasteiger partial charge in [-0.05, 0) is 140 Å². The van der Waals surface area contributed by atoms with Gasteiger partial charge in [-0.3, -0.25) is 48.8 Å². The molecule has 0 spiro atoms. The lowest BCUT2D eigenvalue weighted by Gasteiger charge is -2.39. The number of sulfone groups is 1. The van der Waals surface area contributed by atoms with Gasteiger partial charge in [0, 0.05) is 123 Å². The van der Waals surface area contributed by atoms with Crippen molar-refractivity contribution >= 4 is 101 Å². The molecule has 4 aliphatic heterocycles. The Kier molecular flexibility index (Phi) is 21.8. The predicted molar refractivity (Wildman–Crippen MR) is 352 cm³/mol. The fraction of sp³-hybridized carbons (Fsp3) is 0.433. The number of fused-ring (bicyclic) bond motifs is 1. The Hall–Kier alpha value is -7.29. The van der Waals surface area contributed by atoms with Crippen molar-refractivity contribution in [2.24, 2.45) is 5.41 Å². The average molecular weight is 1360 g/mol. The predicted octanol–water partition coefficient (Wildman–Crippen LogP) is 10.1. The quantitative estimate of drug-likeness (QED) is 0.0242. The molecule has 26 heteroatoms. The molecule has 10 rings (SSSR count). The summed E-state index contributed by atoms with van der Waals surface area (Å²) in [7, 11) is -11.1. The summed E-state index contributed by atoms with van der Waals surface area (Å²) < 4.78 is 99.9. The lowest BCUT2D eigenvalue weighted by molar-refractivity contribution is -0.136. The first-order chi connectivity index (χ1) is 44.3. The van der Waals surface area contributed by atoms with Gasteiger partial charge in [-0.1, -0.05) is 80.3 Å². The number of piperazine rings is 2. The topological polar surface area (TPSA) is 235 Å². The minimum absolute atomic E-state index is 0.00557. The molecule has 0 radical (unpaired) electrons. The van der Waals surface area contributed by atoms with Crippen molar-refractivity contribution in [2.45, 2.75) is 117 Å². The number of unbranched alkanes of at least 4 members (excludes halogenated alkanes) is 3. The Morgan fingerprint density at radius 1 is 0.763 bits per heavy atom. The molecule has 4 N–H and O–H groups in total. The number of amides is 6. The van der Waals surface area contributed by atoms with Crippen LogP contribution in [0.25, 0.3) is 5.57 Å². The van der Waals surface area contributed by atoms with Gasteiger partial charge in [0.15, 0.2) is 0 Å². The van der Waals surface area contributed by atoms with Crippen molar-refractivity contribution in [2.75, 3.05) is 93.3 Å². The number of halogens is 4. The van der Waals surface area contributed by atoms with Gasteiger partial charge in [0.2, 0.25) is 17.7 Å². The number of benzene rings is 5. The van der Waals surface area contributed by atoms with Crippen LogP contribution < -0.4 is 25.6 Å². The summed E-state index contributed by atoms with van der Waals surface area (Å²) in [6.07, 6.45) is 6.74. The number of imide groups is 2. The number of alkyl halides is 3. The van der Waals surface area contributed by atoms with Gasteiger partial charge in [-0.2, -0.15) is 13.2 Å². The molecule has 19 nitrogen and oxygen atoms in total. The molecule has 5 aromatic rings. The standard InChI is InChI=1S/C67H77ClF3N9O10S3/c1-66(2)30-28-53(45-16-20-48(68)21-17-45)47(42-66)43-77-35-37-78(38-36-77)50-22-18-46(19-23-50)62(83)75-93(89,90)52-24-25-55(58(41-52)92(87,88)67(69,70)71)73-49(44-91-51-11-6-5-7-12-51)29-32-76-33-39-79(40-34-76)60(82)15-8-3-4-9-31-72-56-14-10-13-54-61(56)65(86)80(64(54)85)57-26-27-59(81)74-63(57)84/h5-7,10-14,16-25,41,49,57,72-73H,3-4,8-9,15,26-40,42-44H2,1-2H3,(H,75,83)(H,74,81,84)/t49-,57-/m1/s1. The zero-order chi connectivity index (χ0) is 66.2. The summed E-state index contributed by atoms with van der Waals surface area (Å²) >= 11 is 7.62. The van der Waals surface area contributed by atoms with E-state index in [1.54, 1.807) is 29.2 Å². The fourth-order valence-electron chi connectivity index (χ4n) is 12.7. The number of hydrogen-bond acceptors (Lipinski definition) is 16. The van der Waals surface area contributed by atoms with Crippen LogP contribution in [0.1, 0.15) is 121 Å². The largest absolute Gasteiger partial charge is 0.501 e. The summed E-state index contributed by atoms with van der Waals surface area (Å²) in [6.45, 7) is 11.3. The highest BCUT2D eigenvalue weighted by molar-refractivity contribution is 7.99. The number of nitrogens with one attached hydrogen (secondary N) is 4. The lowest BCUT2D eigenvalue weighted by atomic mass is 9.73. The molecule has 0 unspecified atom stereocenters. The van der Waals surface area contributed by atoms with Gasteiger partial charge in [0.25, 0.3) is 37.6 Å². The second kappa shape index (κ2) is 29.6. The summed E-state index contributed by atoms with van der Waals surface area (Å²) in [6, 6.07) is 29.2. The molecule has 5 aliphatic rings. The van der Waals surface area contributed by atoms with Gasteiger partial charge in [0.05, 0.1) is 21.7 Å². The van der Waals surface area contributed by atoms with Crippen molar-refractivity contribution in [1.82, 2.24) is 29.6 Å². The van der Waals surface area contributed by atoms with E-state index in [9.17, 15) is 58.8 Å². The van der Waals surface area contributed by atoms with Crippen LogP contribution in [0.15, 0.2) is 136 Å². The Labute approximate surface area is 550 Å². The maximum atomic E-state index is 14.5. The molecule has 6 amide bonds. The van der Waals surface area contributed by atoms with E-state index in [1.807, 2.05) is 47.2 Å². The van der Waals surface area contributed by atoms with Gasteiger partial charge in [-0.15, -0.1) is 11.8 Å². The van der Waals surface area contributed by atoms with E-state index in [0.717, 1.165) is 79.4 Å². The SMILES string of the molecule is CC1(C)CCC(c2ccc(Cl)cc2)=C(CN2CCN(c3ccc(C(=O)NS(=O)(=O)c4ccc(N[C@H](CCN5CCN(C(=O)CCCCCCNc6cccc7c6C(=O)N([C@@H]6CCC(=O)NC6=O)C7=O)CC5)CSc5ccccc5)c(S(=O)(=O)C(F)(F)F)c4)cc3)CC2)C1. The molecule has 93 heavy (non-hydrogen) atoms. The number of carbonyl (C=O) groups excluding carboxylic acids is 6. The van der Waals surface area contributed by atoms with Crippen LogP contribution in [0.3, 0.4) is 0 Å². The third-order valence-electron chi connectivity index (χ3n) is 17.9. The molecule has 496 valence electrons. The van der Waals surface area contributed by atoms with Crippen molar-refractivity contribution in [3.63, 3.8) is 0 Å². The van der Waals surface area contributed by atoms with E-state index in [0.29, 0.717) is 94.8 Å². The molecule has 0 aromatic heterocycles. The average Bonchev–Trinajstić information content (AvgIpc) is 1.73. The first-order valence-electron chi connectivity index (χ1n) is 31.4. The zero-order valence-electron chi connectivity index (χ0n) is 51.9. The number of rotatable bonds is 25. The van der Waals surface area contributed by atoms with Crippen molar-refractivity contribution < 1.29 is 58.8 Å². The summed E-state index contributed by atoms with van der Waals surface area (Å²) in [4.78, 5) is 85.9. The zero-order valence-corrected chi connectivity index (χ0v) is 55.1. The highest BCUT2D eigenvalue weighted by Gasteiger charge is 2.49. The van der Waals surface area contributed by atoms with Crippen LogP contribution in [0.4, 0.5) is 30.2 Å². The van der Waals surface area contributed by atoms with Gasteiger partial charge < -0.3 is 20.4 Å². The van der Waals surface area contributed by atoms with E-state index in [-0.39, 0.29) is 46.6 Å². The number of sulfonamides is 1. The van der Waals surface area contributed by atoms with Crippen LogP contribution in [0.5, 0.6) is 0 Å². The normalized spacial score (nSPS) is 18.7. The van der Waals surface area contributed by atoms with Gasteiger partial charge in [0.1, 0.15) is 10.9 Å². The number of thioether (sulfide) groups is 1. The maximum Gasteiger partial charge on any atom is 0.501 e. The third kappa shape index (κ3) is 16.8. The number of hydrogen-bond donors (Lipinski definition) is 4. The summed E-state index contributed by atoms with van der Waals surface area (Å²) in [5.41, 5.74) is -0.457. The Morgan fingerprint density at radius 3 is 2.16 bits per heavy atom. The maximum absolute atomic E-state index is 14.5. The van der Waals surface area contributed by atoms with Crippen LogP contribution in [-0.2, 0) is 34.2 Å². The first-order valence-corrected chi connectivity index (χ1v) is 35.8. The van der Waals surface area contributed by atoms with Crippen molar-refractivity contribution in [3.8, 4) is 0 Å². The second-order valence-corrected chi connectivity index (χ2v) is 30.1. The monoisotopic (exact) mass is 1360 g/mol. The van der Waals surface area contributed by atoms with E-state index >= 15 is 0 Å². The minimum atomic E-state index is -6.16. The van der Waals surface area contributed by atoms with E-state index in [1.165, 1.54) is 46.7 Å². The van der Waals surface area contributed by atoms with E-state index < -0.39 is 82.5 Å². The molecule has 3 saturated heterocycles. The second-order valence-electron chi connectivity index (χ2n) is 25.0. The summed E-state index contributed by atoms with van der Waals surface area (Å²) in [5.74, 6) is -3.09. The minimum Gasteiger partial charge on any atom is -0.384 e. The molecule has 2 atom stereocenters. The third-order valence-corrected chi connectivity index (χ3v) is 22.2. The van der Waals surface area contributed by atoms with Crippen molar-refractivity contribution in [3.05, 3.63) is 148 Å². The van der Waals surface area contributed by atoms with Crippen LogP contribution in [0, 0.1) is 5.41 Å². The molecular weight excluding hydrogens is 1280 g/mol. The first kappa shape index (κ1) is 68.6. The lowest BCUT2D eigenvalue weighted by Crippen LogP contribution is -2.54. The molecule has 1 aliphatic carbocycles. The molecule has 5 aromatic carbocycles. The van der Waals surface area contributed by atoms with Crippen LogP contribution >= 0.6 is 23.4 Å². The molecular formula is C67H77ClF3N9O10S3. The Balaban J connectivity index is 0.705. The number of piperidine rings is 1. The number of allylic oxidation sites excluding steroid dienone is 1. The molecule has 0 saturated carbocycles. The molecule has 4 heterocycles. The van der Waals surface area contributed by atoms with E-state index in [2.05, 4.69) is 56.6 Å². The Morgan fingerprint density at radius 2 is 1.46 bits per heavy atom. The van der Waals surface area contributed by atoms with Crippen LogP contribution in [0.2, 0.25) is 5.02 Å². The van der Waals surface area contributed by atoms with Gasteiger partial charge >= 0.3 is 5.51 Å². The number of carbonyl (C=O) groups is 6. The van der Waals surface area contributed by atoms with E-state index in [4.69, 9.17) is 11.6 Å². The Bertz CT molecular complexity index is 3860. The summed E-state index contributed by atoms with van der Waals surface area (Å²) in [5, 5.41) is 9.16.